The molecule has 3 nitrogen and oxygen atoms in total. The SMILES string of the molecule is CS(=O)c1cccc(C[n+]2ccncc2)c1.Fc1c(F)c(F)c([B-](c2c(F)c(F)c(F)c(F)c2F)(c2c(F)c(F)c(F)c(F)c2F)c2c(F)c(F)c(F)c(F)c2F)c(F)c1F. The van der Waals surface area contributed by atoms with E-state index in [4.69, 9.17) is 0 Å². The fourth-order valence-corrected chi connectivity index (χ4v) is 6.95. The lowest BCUT2D eigenvalue weighted by Gasteiger charge is -2.44. The summed E-state index contributed by atoms with van der Waals surface area (Å²) < 4.78 is 307. The highest BCUT2D eigenvalue weighted by Crippen LogP contribution is 2.30. The average Bonchev–Trinajstić information content (AvgIpc) is 3.24. The molecule has 0 aliphatic carbocycles. The normalized spacial score (nSPS) is 12.1. The van der Waals surface area contributed by atoms with Gasteiger partial charge in [0, 0.05) is 27.5 Å². The molecule has 1 heterocycles. The molecule has 0 radical (unpaired) electrons. The van der Waals surface area contributed by atoms with Gasteiger partial charge in [0.05, 0.1) is 12.4 Å². The van der Waals surface area contributed by atoms with Crippen LogP contribution in [0.4, 0.5) is 87.8 Å². The van der Waals surface area contributed by atoms with E-state index < -0.39 is 155 Å². The first-order valence-corrected chi connectivity index (χ1v) is 17.5. The third-order valence-electron chi connectivity index (χ3n) is 8.99. The lowest BCUT2D eigenvalue weighted by Crippen LogP contribution is -2.81. The lowest BCUT2D eigenvalue weighted by molar-refractivity contribution is -0.688. The molecule has 0 bridgehead atoms. The Bertz CT molecular complexity index is 2390. The third-order valence-corrected chi connectivity index (χ3v) is 9.91. The van der Waals surface area contributed by atoms with Gasteiger partial charge in [-0.05, 0) is 12.1 Å². The van der Waals surface area contributed by atoms with Crippen LogP contribution in [0, 0.1) is 116 Å². The maximum Gasteiger partial charge on any atom is 0.200 e. The van der Waals surface area contributed by atoms with E-state index >= 15 is 35.1 Å². The molecule has 0 fully saturated rings. The maximum atomic E-state index is 15.4. The number of aromatic nitrogens is 2. The highest BCUT2D eigenvalue weighted by Gasteiger charge is 2.52. The first-order chi connectivity index (χ1) is 28.5. The minimum absolute atomic E-state index is 0.771. The second-order valence-corrected chi connectivity index (χ2v) is 13.7. The number of rotatable bonds is 7. The quantitative estimate of drug-likeness (QED) is 0.0569. The van der Waals surface area contributed by atoms with Crippen molar-refractivity contribution in [1.82, 2.24) is 4.98 Å². The minimum Gasteiger partial charge on any atom is -0.255 e. The minimum atomic E-state index is -7.22. The van der Waals surface area contributed by atoms with Crippen LogP contribution in [0.1, 0.15) is 5.56 Å². The van der Waals surface area contributed by atoms with Crippen molar-refractivity contribution in [1.29, 1.82) is 0 Å². The molecule has 0 amide bonds. The predicted octanol–water partition coefficient (Wildman–Crippen LogP) is 7.00. The zero-order valence-corrected chi connectivity index (χ0v) is 30.0. The van der Waals surface area contributed by atoms with Gasteiger partial charge in [-0.15, -0.1) is 21.9 Å². The smallest absolute Gasteiger partial charge is 0.200 e. The number of hydrogen-bond acceptors (Lipinski definition) is 2. The fraction of sp³-hybridized carbons (Fsp3) is 0.0556. The Morgan fingerprint density at radius 2 is 0.705 bits per heavy atom. The van der Waals surface area contributed by atoms with Crippen molar-refractivity contribution in [3.63, 3.8) is 0 Å². The Balaban J connectivity index is 0.000000366. The molecule has 0 saturated heterocycles. The van der Waals surface area contributed by atoms with E-state index in [0.717, 1.165) is 17.0 Å². The largest absolute Gasteiger partial charge is 0.255 e. The van der Waals surface area contributed by atoms with Gasteiger partial charge in [0.1, 0.15) is 52.7 Å². The molecular formula is C36H13BF20N2OS. The van der Waals surface area contributed by atoms with Crippen molar-refractivity contribution in [3.05, 3.63) is 171 Å². The zero-order valence-electron chi connectivity index (χ0n) is 29.2. The molecular weight excluding hydrogens is 899 g/mol. The Morgan fingerprint density at radius 1 is 0.443 bits per heavy atom. The molecule has 0 aliphatic heterocycles. The monoisotopic (exact) mass is 912 g/mol. The zero-order chi connectivity index (χ0) is 45.7. The second-order valence-electron chi connectivity index (χ2n) is 12.3. The highest BCUT2D eigenvalue weighted by atomic mass is 32.2. The summed E-state index contributed by atoms with van der Waals surface area (Å²) in [5.41, 5.74) is -13.2. The Morgan fingerprint density at radius 3 is 0.967 bits per heavy atom. The van der Waals surface area contributed by atoms with E-state index in [2.05, 4.69) is 4.98 Å². The van der Waals surface area contributed by atoms with Crippen LogP contribution < -0.4 is 26.4 Å². The van der Waals surface area contributed by atoms with Crippen LogP contribution in [-0.2, 0) is 17.3 Å². The average molecular weight is 912 g/mol. The summed E-state index contributed by atoms with van der Waals surface area (Å²) in [6, 6.07) is 7.83. The van der Waals surface area contributed by atoms with Crippen LogP contribution >= 0.6 is 0 Å². The molecule has 61 heavy (non-hydrogen) atoms. The van der Waals surface area contributed by atoms with Gasteiger partial charge in [0.25, 0.3) is 0 Å². The number of hydrogen-bond donors (Lipinski definition) is 0. The number of nitrogens with zero attached hydrogens (tertiary/aromatic N) is 2. The molecule has 1 aromatic heterocycles. The Kier molecular flexibility index (Phi) is 13.0. The summed E-state index contributed by atoms with van der Waals surface area (Å²) in [5, 5.41) is 0. The van der Waals surface area contributed by atoms with Gasteiger partial charge < -0.3 is 0 Å². The van der Waals surface area contributed by atoms with Crippen LogP contribution in [0.5, 0.6) is 0 Å². The van der Waals surface area contributed by atoms with Crippen LogP contribution in [0.3, 0.4) is 0 Å². The molecule has 0 saturated carbocycles. The van der Waals surface area contributed by atoms with Crippen LogP contribution in [0.15, 0.2) is 53.9 Å². The Hall–Kier alpha value is -6.01. The van der Waals surface area contributed by atoms with Crippen molar-refractivity contribution in [3.8, 4) is 0 Å². The lowest BCUT2D eigenvalue weighted by atomic mass is 9.12. The van der Waals surface area contributed by atoms with Crippen LogP contribution in [-0.4, -0.2) is 21.6 Å². The standard InChI is InChI=1S/C24BF20.C12H13N2OS/c26-5-1(6(27)14(35)21(42)13(5)34)25(2-7(28)15(36)22(43)16(37)8(2)29,3-9(30)17(38)23(44)18(39)10(3)31)4-11(32)19(40)24(45)20(41)12(4)33;1-16(15)12-4-2-3-11(9-12)10-14-7-5-13-6-8-14/h;2-9H,10H2,1H3/q-1;+1. The summed E-state index contributed by atoms with van der Waals surface area (Å²) in [7, 11) is -0.919. The molecule has 5 aromatic carbocycles. The van der Waals surface area contributed by atoms with Gasteiger partial charge in [-0.1, -0.05) is 12.1 Å². The van der Waals surface area contributed by atoms with E-state index in [1.807, 2.05) is 41.2 Å². The molecule has 25 heteroatoms. The molecule has 6 aromatic rings. The van der Waals surface area contributed by atoms with E-state index in [9.17, 15) is 56.9 Å². The van der Waals surface area contributed by atoms with Crippen LogP contribution in [0.2, 0.25) is 0 Å². The molecule has 6 rings (SSSR count). The summed E-state index contributed by atoms with van der Waals surface area (Å²) in [6.07, 6.45) is 1.80. The summed E-state index contributed by atoms with van der Waals surface area (Å²) in [6.45, 7) is 0.771. The van der Waals surface area contributed by atoms with E-state index in [0.29, 0.717) is 0 Å². The van der Waals surface area contributed by atoms with E-state index in [1.54, 1.807) is 18.6 Å². The number of halogens is 20. The summed E-state index contributed by atoms with van der Waals surface area (Å²) >= 11 is 0. The van der Waals surface area contributed by atoms with Gasteiger partial charge >= 0.3 is 0 Å². The van der Waals surface area contributed by atoms with Crippen molar-refractivity contribution in [2.45, 2.75) is 11.4 Å². The van der Waals surface area contributed by atoms with E-state index in [1.165, 1.54) is 0 Å². The van der Waals surface area contributed by atoms with E-state index in [-0.39, 0.29) is 0 Å². The first kappa shape index (κ1) is 46.1. The summed E-state index contributed by atoms with van der Waals surface area (Å²) in [5.74, 6) is -71.4. The Labute approximate surface area is 328 Å². The predicted molar refractivity (Wildman–Crippen MR) is 172 cm³/mol. The molecule has 1 unspecified atom stereocenters. The molecule has 0 aliphatic rings. The topological polar surface area (TPSA) is 33.8 Å². The molecule has 322 valence electrons. The van der Waals surface area contributed by atoms with Gasteiger partial charge in [-0.3, -0.25) is 9.19 Å². The van der Waals surface area contributed by atoms with Crippen molar-refractivity contribution in [2.75, 3.05) is 6.26 Å². The molecule has 0 N–H and O–H groups in total. The van der Waals surface area contributed by atoms with Crippen molar-refractivity contribution in [2.24, 2.45) is 0 Å². The van der Waals surface area contributed by atoms with Crippen molar-refractivity contribution < 1.29 is 96.6 Å². The van der Waals surface area contributed by atoms with Gasteiger partial charge in [-0.2, -0.15) is 4.57 Å². The van der Waals surface area contributed by atoms with Gasteiger partial charge in [-0.25, -0.2) is 87.8 Å². The van der Waals surface area contributed by atoms with Gasteiger partial charge in [0.15, 0.2) is 88.7 Å². The van der Waals surface area contributed by atoms with Crippen molar-refractivity contribution >= 4 is 38.8 Å². The maximum absolute atomic E-state index is 15.4. The first-order valence-electron chi connectivity index (χ1n) is 15.9. The van der Waals surface area contributed by atoms with Gasteiger partial charge in [0.2, 0.25) is 0 Å². The van der Waals surface area contributed by atoms with Crippen LogP contribution in [0.25, 0.3) is 0 Å². The molecule has 0 spiro atoms. The highest BCUT2D eigenvalue weighted by molar-refractivity contribution is 7.84. The number of benzene rings is 5. The fourth-order valence-electron chi connectivity index (χ4n) is 6.36. The second kappa shape index (κ2) is 17.2. The third kappa shape index (κ3) is 7.45. The molecule has 1 atom stereocenters. The summed E-state index contributed by atoms with van der Waals surface area (Å²) in [4.78, 5) is 4.83.